The van der Waals surface area contributed by atoms with Crippen LogP contribution < -0.4 is 10.6 Å². The summed E-state index contributed by atoms with van der Waals surface area (Å²) >= 11 is 0. The molecule has 0 spiro atoms. The van der Waals surface area contributed by atoms with Gasteiger partial charge in [0.05, 0.1) is 17.6 Å². The third-order valence-electron chi connectivity index (χ3n) is 3.70. The fourth-order valence-electron chi connectivity index (χ4n) is 2.54. The van der Waals surface area contributed by atoms with Gasteiger partial charge in [-0.3, -0.25) is 4.98 Å². The van der Waals surface area contributed by atoms with Crippen LogP contribution in [0.25, 0.3) is 0 Å². The van der Waals surface area contributed by atoms with Crippen molar-refractivity contribution in [3.05, 3.63) is 17.6 Å². The first-order valence-electron chi connectivity index (χ1n) is 7.79. The fourth-order valence-corrected chi connectivity index (χ4v) is 2.54. The molecule has 2 rings (SSSR count). The Morgan fingerprint density at radius 2 is 1.91 bits per heavy atom. The number of hydrogen-bond donors (Lipinski definition) is 2. The average molecular weight is 306 g/mol. The number of anilines is 1. The van der Waals surface area contributed by atoms with Gasteiger partial charge in [0, 0.05) is 12.1 Å². The van der Waals surface area contributed by atoms with E-state index in [0.717, 1.165) is 36.5 Å². The molecule has 1 aromatic rings. The first-order valence-corrected chi connectivity index (χ1v) is 7.79. The van der Waals surface area contributed by atoms with E-state index >= 15 is 0 Å². The van der Waals surface area contributed by atoms with Gasteiger partial charge in [-0.15, -0.1) is 0 Å². The van der Waals surface area contributed by atoms with Gasteiger partial charge in [-0.1, -0.05) is 0 Å². The highest BCUT2D eigenvalue weighted by Crippen LogP contribution is 2.23. The minimum Gasteiger partial charge on any atom is -0.444 e. The van der Waals surface area contributed by atoms with E-state index in [0.29, 0.717) is 6.04 Å². The molecule has 0 radical (unpaired) electrons. The van der Waals surface area contributed by atoms with E-state index < -0.39 is 5.60 Å². The van der Waals surface area contributed by atoms with E-state index in [9.17, 15) is 4.79 Å². The molecule has 1 aliphatic carbocycles. The second-order valence-corrected chi connectivity index (χ2v) is 6.92. The highest BCUT2D eigenvalue weighted by Gasteiger charge is 2.27. The molecule has 1 heterocycles. The number of nitrogens with one attached hydrogen (secondary N) is 2. The Morgan fingerprint density at radius 1 is 1.23 bits per heavy atom. The van der Waals surface area contributed by atoms with Crippen molar-refractivity contribution in [1.82, 2.24) is 15.3 Å². The monoisotopic (exact) mass is 306 g/mol. The van der Waals surface area contributed by atoms with Crippen molar-refractivity contribution in [2.24, 2.45) is 0 Å². The molecule has 1 fully saturated rings. The molecule has 0 unspecified atom stereocenters. The predicted octanol–water partition coefficient (Wildman–Crippen LogP) is 2.95. The third kappa shape index (κ3) is 4.86. The van der Waals surface area contributed by atoms with Crippen LogP contribution in [0.3, 0.4) is 0 Å². The van der Waals surface area contributed by atoms with Gasteiger partial charge in [0.2, 0.25) is 0 Å². The Kier molecular flexibility index (Phi) is 4.88. The summed E-state index contributed by atoms with van der Waals surface area (Å²) in [6, 6.07) is 0.447. The summed E-state index contributed by atoms with van der Waals surface area (Å²) in [7, 11) is 0. The lowest BCUT2D eigenvalue weighted by Gasteiger charge is -2.22. The number of aromatic nitrogens is 2. The summed E-state index contributed by atoms with van der Waals surface area (Å²) < 4.78 is 5.29. The Bertz CT molecular complexity index is 539. The molecule has 2 atom stereocenters. The molecule has 1 aromatic heterocycles. The van der Waals surface area contributed by atoms with E-state index in [-0.39, 0.29) is 12.1 Å². The van der Waals surface area contributed by atoms with E-state index in [1.807, 2.05) is 34.6 Å². The van der Waals surface area contributed by atoms with Gasteiger partial charge in [-0.25, -0.2) is 9.78 Å². The molecule has 0 aromatic carbocycles. The van der Waals surface area contributed by atoms with Crippen molar-refractivity contribution in [2.75, 3.05) is 5.32 Å². The number of carbonyl (C=O) groups is 1. The largest absolute Gasteiger partial charge is 0.444 e. The Balaban J connectivity index is 1.82. The number of carbonyl (C=O) groups excluding carboxylic acids is 1. The standard InChI is InChI=1S/C16H26N4O2/c1-10-11(2)18-14(9-17-10)19-12-6-7-13(8-12)20-15(21)22-16(3,4)5/h9,12-13H,6-8H2,1-5H3,(H,18,19)(H,20,21)/t12-,13-/m0/s1. The van der Waals surface area contributed by atoms with Gasteiger partial charge >= 0.3 is 6.09 Å². The lowest BCUT2D eigenvalue weighted by molar-refractivity contribution is 0.0505. The molecule has 0 bridgehead atoms. The van der Waals surface area contributed by atoms with E-state index in [4.69, 9.17) is 4.74 Å². The van der Waals surface area contributed by atoms with E-state index in [1.54, 1.807) is 6.20 Å². The van der Waals surface area contributed by atoms with Crippen LogP contribution in [0.1, 0.15) is 51.4 Å². The number of amides is 1. The van der Waals surface area contributed by atoms with Gasteiger partial charge in [0.1, 0.15) is 11.4 Å². The molecule has 0 saturated heterocycles. The zero-order chi connectivity index (χ0) is 16.3. The number of hydrogen-bond acceptors (Lipinski definition) is 5. The molecule has 1 saturated carbocycles. The van der Waals surface area contributed by atoms with Crippen molar-refractivity contribution in [2.45, 2.75) is 71.6 Å². The van der Waals surface area contributed by atoms with Crippen LogP contribution >= 0.6 is 0 Å². The fraction of sp³-hybridized carbons (Fsp3) is 0.688. The topological polar surface area (TPSA) is 76.1 Å². The average Bonchev–Trinajstić information content (AvgIpc) is 2.78. The number of ether oxygens (including phenoxy) is 1. The predicted molar refractivity (Wildman–Crippen MR) is 85.9 cm³/mol. The maximum atomic E-state index is 11.8. The molecule has 1 amide bonds. The van der Waals surface area contributed by atoms with Crippen LogP contribution in [-0.2, 0) is 4.74 Å². The molecule has 2 N–H and O–H groups in total. The van der Waals surface area contributed by atoms with Crippen molar-refractivity contribution in [3.63, 3.8) is 0 Å². The van der Waals surface area contributed by atoms with Crippen molar-refractivity contribution >= 4 is 11.9 Å². The zero-order valence-electron chi connectivity index (χ0n) is 14.1. The molecule has 22 heavy (non-hydrogen) atoms. The maximum absolute atomic E-state index is 11.8. The van der Waals surface area contributed by atoms with Crippen molar-refractivity contribution < 1.29 is 9.53 Å². The van der Waals surface area contributed by atoms with Crippen LogP contribution in [-0.4, -0.2) is 33.7 Å². The normalized spacial score (nSPS) is 21.5. The number of nitrogens with zero attached hydrogens (tertiary/aromatic N) is 2. The first kappa shape index (κ1) is 16.5. The summed E-state index contributed by atoms with van der Waals surface area (Å²) in [6.07, 6.45) is 4.22. The second kappa shape index (κ2) is 6.50. The summed E-state index contributed by atoms with van der Waals surface area (Å²) in [5.74, 6) is 0.797. The van der Waals surface area contributed by atoms with Crippen LogP contribution in [0.5, 0.6) is 0 Å². The summed E-state index contributed by atoms with van der Waals surface area (Å²) in [6.45, 7) is 9.50. The maximum Gasteiger partial charge on any atom is 0.407 e. The lowest BCUT2D eigenvalue weighted by Crippen LogP contribution is -2.38. The minimum atomic E-state index is -0.463. The van der Waals surface area contributed by atoms with Gasteiger partial charge in [-0.05, 0) is 53.9 Å². The molecule has 6 heteroatoms. The molecule has 6 nitrogen and oxygen atoms in total. The van der Waals surface area contributed by atoms with Crippen LogP contribution in [0.4, 0.5) is 10.6 Å². The van der Waals surface area contributed by atoms with Crippen LogP contribution in [0, 0.1) is 13.8 Å². The van der Waals surface area contributed by atoms with Crippen molar-refractivity contribution in [1.29, 1.82) is 0 Å². The van der Waals surface area contributed by atoms with Gasteiger partial charge in [0.15, 0.2) is 0 Å². The third-order valence-corrected chi connectivity index (χ3v) is 3.70. The first-order chi connectivity index (χ1) is 10.2. The number of aryl methyl sites for hydroxylation is 2. The zero-order valence-corrected chi connectivity index (χ0v) is 14.1. The van der Waals surface area contributed by atoms with Crippen LogP contribution in [0.15, 0.2) is 6.20 Å². The highest BCUT2D eigenvalue weighted by molar-refractivity contribution is 5.68. The molecule has 122 valence electrons. The lowest BCUT2D eigenvalue weighted by atomic mass is 10.2. The summed E-state index contributed by atoms with van der Waals surface area (Å²) in [5.41, 5.74) is 1.42. The SMILES string of the molecule is Cc1ncc(N[C@H]2CC[C@H](NC(=O)OC(C)(C)C)C2)nc1C. The second-order valence-electron chi connectivity index (χ2n) is 6.92. The molecule has 1 aliphatic rings. The van der Waals surface area contributed by atoms with E-state index in [2.05, 4.69) is 20.6 Å². The quantitative estimate of drug-likeness (QED) is 0.898. The van der Waals surface area contributed by atoms with E-state index in [1.165, 1.54) is 0 Å². The Morgan fingerprint density at radius 3 is 2.55 bits per heavy atom. The van der Waals surface area contributed by atoms with Crippen LogP contribution in [0.2, 0.25) is 0 Å². The molecular formula is C16H26N4O2. The molecule has 0 aliphatic heterocycles. The van der Waals surface area contributed by atoms with Gasteiger partial charge in [-0.2, -0.15) is 0 Å². The number of alkyl carbamates (subject to hydrolysis) is 1. The number of rotatable bonds is 3. The van der Waals surface area contributed by atoms with Gasteiger partial charge in [0.25, 0.3) is 0 Å². The minimum absolute atomic E-state index is 0.145. The van der Waals surface area contributed by atoms with Gasteiger partial charge < -0.3 is 15.4 Å². The Labute approximate surface area is 132 Å². The highest BCUT2D eigenvalue weighted by atomic mass is 16.6. The summed E-state index contributed by atoms with van der Waals surface area (Å²) in [5, 5.41) is 6.33. The smallest absolute Gasteiger partial charge is 0.407 e. The Hall–Kier alpha value is -1.85. The molecular weight excluding hydrogens is 280 g/mol. The van der Waals surface area contributed by atoms with Crippen molar-refractivity contribution in [3.8, 4) is 0 Å². The summed E-state index contributed by atoms with van der Waals surface area (Å²) in [4.78, 5) is 20.6.